The van der Waals surface area contributed by atoms with Crippen LogP contribution in [0.25, 0.3) is 17.7 Å². The minimum absolute atomic E-state index is 0. The summed E-state index contributed by atoms with van der Waals surface area (Å²) in [7, 11) is 0. The Kier molecular flexibility index (Phi) is 7.04. The third kappa shape index (κ3) is 4.62. The third-order valence-corrected chi connectivity index (χ3v) is 6.47. The maximum Gasteiger partial charge on any atom is 0.164 e. The van der Waals surface area contributed by atoms with Crippen molar-refractivity contribution in [3.63, 3.8) is 0 Å². The Labute approximate surface area is 196 Å². The molecule has 0 spiro atoms. The first-order valence-electron chi connectivity index (χ1n) is 11.2. The van der Waals surface area contributed by atoms with Gasteiger partial charge >= 0.3 is 0 Å². The summed E-state index contributed by atoms with van der Waals surface area (Å²) in [5.74, 6) is 0.238. The van der Waals surface area contributed by atoms with Gasteiger partial charge in [-0.3, -0.25) is 4.79 Å². The molecule has 1 aliphatic carbocycles. The number of benzene rings is 3. The van der Waals surface area contributed by atoms with Gasteiger partial charge in [0.15, 0.2) is 5.78 Å². The molecule has 3 aromatic rings. The van der Waals surface area contributed by atoms with E-state index in [1.54, 1.807) is 0 Å². The number of hydrogen-bond donors (Lipinski definition) is 0. The zero-order chi connectivity index (χ0) is 21.0. The lowest BCUT2D eigenvalue weighted by Crippen LogP contribution is -2.33. The Bertz CT molecular complexity index is 1100. The summed E-state index contributed by atoms with van der Waals surface area (Å²) in [6.45, 7) is 2.86. The van der Waals surface area contributed by atoms with Crippen LogP contribution in [0.1, 0.15) is 51.9 Å². The van der Waals surface area contributed by atoms with Crippen LogP contribution >= 0.6 is 12.4 Å². The maximum atomic E-state index is 12.5. The number of hydrogen-bond acceptors (Lipinski definition) is 2. The predicted octanol–water partition coefficient (Wildman–Crippen LogP) is 6.76. The van der Waals surface area contributed by atoms with Gasteiger partial charge in [-0.2, -0.15) is 0 Å². The highest BCUT2D eigenvalue weighted by Crippen LogP contribution is 2.38. The molecule has 0 unspecified atom stereocenters. The van der Waals surface area contributed by atoms with Crippen molar-refractivity contribution in [2.45, 2.75) is 19.3 Å². The molecule has 0 saturated carbocycles. The summed E-state index contributed by atoms with van der Waals surface area (Å²) in [6.07, 6.45) is 7.18. The first kappa shape index (κ1) is 22.3. The van der Waals surface area contributed by atoms with Gasteiger partial charge in [0.2, 0.25) is 0 Å². The number of nitrogens with zero attached hydrogens (tertiary/aromatic N) is 1. The smallest absolute Gasteiger partial charge is 0.164 e. The zero-order valence-corrected chi connectivity index (χ0v) is 19.0. The molecular weight excluding hydrogens is 414 g/mol. The second-order valence-corrected chi connectivity index (χ2v) is 8.37. The van der Waals surface area contributed by atoms with E-state index < -0.39 is 0 Å². The van der Waals surface area contributed by atoms with Gasteiger partial charge in [-0.25, -0.2) is 0 Å². The lowest BCUT2D eigenvalue weighted by molar-refractivity contribution is 0.0962. The average Bonchev–Trinajstić information content (AvgIpc) is 3.00. The molecule has 1 saturated heterocycles. The van der Waals surface area contributed by atoms with E-state index in [1.165, 1.54) is 33.4 Å². The van der Waals surface area contributed by atoms with Crippen LogP contribution in [0.5, 0.6) is 0 Å². The van der Waals surface area contributed by atoms with Crippen molar-refractivity contribution in [2.24, 2.45) is 0 Å². The van der Waals surface area contributed by atoms with Gasteiger partial charge in [0.25, 0.3) is 0 Å². The van der Waals surface area contributed by atoms with Crippen LogP contribution in [0, 0.1) is 0 Å². The number of likely N-dealkylation sites (tertiary alicyclic amines) is 1. The van der Waals surface area contributed by atoms with Crippen LogP contribution in [0.3, 0.4) is 0 Å². The largest absolute Gasteiger partial charge is 0.302 e. The fourth-order valence-electron chi connectivity index (χ4n) is 4.77. The average molecular weight is 442 g/mol. The summed E-state index contributed by atoms with van der Waals surface area (Å²) in [5, 5.41) is 0. The second kappa shape index (κ2) is 10.1. The van der Waals surface area contributed by atoms with Crippen LogP contribution in [0.2, 0.25) is 0 Å². The van der Waals surface area contributed by atoms with Gasteiger partial charge in [0, 0.05) is 31.6 Å². The van der Waals surface area contributed by atoms with Gasteiger partial charge in [-0.15, -0.1) is 12.4 Å². The van der Waals surface area contributed by atoms with E-state index in [1.807, 2.05) is 30.3 Å². The van der Waals surface area contributed by atoms with Crippen molar-refractivity contribution in [1.82, 2.24) is 4.90 Å². The highest BCUT2D eigenvalue weighted by Gasteiger charge is 2.22. The topological polar surface area (TPSA) is 20.3 Å². The molecule has 2 nitrogen and oxygen atoms in total. The molecule has 0 atom stereocenters. The molecule has 1 fully saturated rings. The first-order chi connectivity index (χ1) is 15.3. The number of ketones is 1. The van der Waals surface area contributed by atoms with Crippen LogP contribution in [-0.2, 0) is 0 Å². The van der Waals surface area contributed by atoms with Crippen molar-refractivity contribution < 1.29 is 4.79 Å². The summed E-state index contributed by atoms with van der Waals surface area (Å²) in [4.78, 5) is 14.9. The fourth-order valence-corrected chi connectivity index (χ4v) is 4.77. The highest BCUT2D eigenvalue weighted by molar-refractivity contribution is 5.96. The lowest BCUT2D eigenvalue weighted by atomic mass is 9.86. The van der Waals surface area contributed by atoms with E-state index >= 15 is 0 Å². The van der Waals surface area contributed by atoms with Crippen molar-refractivity contribution >= 4 is 35.9 Å². The van der Waals surface area contributed by atoms with Crippen LogP contribution in [-0.4, -0.2) is 30.3 Å². The zero-order valence-electron chi connectivity index (χ0n) is 18.2. The molecule has 0 aromatic heterocycles. The minimum atomic E-state index is 0. The third-order valence-electron chi connectivity index (χ3n) is 6.47. The summed E-state index contributed by atoms with van der Waals surface area (Å²) < 4.78 is 0. The molecule has 5 rings (SSSR count). The normalized spacial score (nSPS) is 15.4. The molecular formula is C29H28ClNO. The second-order valence-electron chi connectivity index (χ2n) is 8.37. The maximum absolute atomic E-state index is 12.5. The Hall–Kier alpha value is -2.94. The van der Waals surface area contributed by atoms with E-state index in [9.17, 15) is 4.79 Å². The van der Waals surface area contributed by atoms with Gasteiger partial charge < -0.3 is 4.90 Å². The van der Waals surface area contributed by atoms with E-state index in [0.29, 0.717) is 6.42 Å². The number of carbonyl (C=O) groups is 1. The number of rotatable bonds is 4. The quantitative estimate of drug-likeness (QED) is 0.326. The molecule has 0 radical (unpaired) electrons. The fraction of sp³-hybridized carbons (Fsp3) is 0.207. The number of carbonyl (C=O) groups excluding carboxylic acids is 1. The molecule has 162 valence electrons. The van der Waals surface area contributed by atoms with Crippen molar-refractivity contribution in [3.8, 4) is 0 Å². The van der Waals surface area contributed by atoms with Crippen molar-refractivity contribution in [1.29, 1.82) is 0 Å². The molecule has 1 heterocycles. The van der Waals surface area contributed by atoms with E-state index in [0.717, 1.165) is 38.0 Å². The number of Topliss-reactive ketones (excluding diaryl/α,β-unsaturated/α-hetero) is 1. The molecule has 0 amide bonds. The summed E-state index contributed by atoms with van der Waals surface area (Å²) >= 11 is 0. The molecule has 0 N–H and O–H groups in total. The summed E-state index contributed by atoms with van der Waals surface area (Å²) in [5.41, 5.74) is 9.03. The van der Waals surface area contributed by atoms with E-state index in [-0.39, 0.29) is 18.2 Å². The van der Waals surface area contributed by atoms with Gasteiger partial charge in [-0.1, -0.05) is 96.6 Å². The van der Waals surface area contributed by atoms with Gasteiger partial charge in [0.1, 0.15) is 0 Å². The SMILES string of the molecule is Cl.O=C(CCN1CCC(=C2c3ccccc3C=Cc3ccccc32)CC1)c1ccccc1. The molecule has 0 bridgehead atoms. The Balaban J connectivity index is 0.00000245. The van der Waals surface area contributed by atoms with Crippen LogP contribution in [0.4, 0.5) is 0 Å². The standard InChI is InChI=1S/C29H27NO.ClH/c31-28(24-10-2-1-3-11-24)18-21-30-19-16-25(17-20-30)29-26-12-6-4-8-22(26)14-15-23-9-5-7-13-27(23)29;/h1-15H,16-21H2;1H. The summed E-state index contributed by atoms with van der Waals surface area (Å²) in [6, 6.07) is 27.1. The predicted molar refractivity (Wildman–Crippen MR) is 136 cm³/mol. The van der Waals surface area contributed by atoms with Crippen molar-refractivity contribution in [3.05, 3.63) is 112 Å². The minimum Gasteiger partial charge on any atom is -0.302 e. The molecule has 3 aromatic carbocycles. The molecule has 2 aliphatic rings. The molecule has 3 heteroatoms. The Morgan fingerprint density at radius 2 is 1.25 bits per heavy atom. The lowest BCUT2D eigenvalue weighted by Gasteiger charge is -2.30. The van der Waals surface area contributed by atoms with Crippen LogP contribution in [0.15, 0.2) is 84.4 Å². The molecule has 32 heavy (non-hydrogen) atoms. The Morgan fingerprint density at radius 1 is 0.719 bits per heavy atom. The highest BCUT2D eigenvalue weighted by atomic mass is 35.5. The Morgan fingerprint density at radius 3 is 1.84 bits per heavy atom. The first-order valence-corrected chi connectivity index (χ1v) is 11.2. The monoisotopic (exact) mass is 441 g/mol. The van der Waals surface area contributed by atoms with Crippen molar-refractivity contribution in [2.75, 3.05) is 19.6 Å². The number of fused-ring (bicyclic) bond motifs is 2. The van der Waals surface area contributed by atoms with Gasteiger partial charge in [-0.05, 0) is 40.7 Å². The molecule has 1 aliphatic heterocycles. The van der Waals surface area contributed by atoms with Gasteiger partial charge in [0.05, 0.1) is 0 Å². The number of piperidine rings is 1. The van der Waals surface area contributed by atoms with E-state index in [2.05, 4.69) is 65.6 Å². The van der Waals surface area contributed by atoms with Crippen LogP contribution < -0.4 is 0 Å². The number of halogens is 1. The van der Waals surface area contributed by atoms with E-state index in [4.69, 9.17) is 0 Å².